The van der Waals surface area contributed by atoms with E-state index >= 15 is 0 Å². The van der Waals surface area contributed by atoms with Crippen molar-refractivity contribution in [2.75, 3.05) is 63.1 Å². The zero-order valence-corrected chi connectivity index (χ0v) is 17.0. The maximum atomic E-state index is 12.4. The second-order valence-corrected chi connectivity index (χ2v) is 7.48. The average Bonchev–Trinajstić information content (AvgIpc) is 2.79. The highest BCUT2D eigenvalue weighted by Gasteiger charge is 2.22. The summed E-state index contributed by atoms with van der Waals surface area (Å²) >= 11 is 0. The molecule has 2 aliphatic rings. The molecule has 3 heterocycles. The first-order chi connectivity index (χ1) is 14.3. The maximum Gasteiger partial charge on any atom is 0.255 e. The Morgan fingerprint density at radius 3 is 2.86 bits per heavy atom. The highest BCUT2D eigenvalue weighted by Crippen LogP contribution is 2.31. The van der Waals surface area contributed by atoms with Gasteiger partial charge >= 0.3 is 0 Å². The van der Waals surface area contributed by atoms with Gasteiger partial charge in [0.2, 0.25) is 0 Å². The van der Waals surface area contributed by atoms with Crippen LogP contribution < -0.4 is 20.3 Å². The molecule has 0 atom stereocenters. The number of fused-ring (bicyclic) bond motifs is 1. The molecule has 1 fully saturated rings. The number of carbonyl (C=O) groups is 1. The topological polar surface area (TPSA) is 69.7 Å². The summed E-state index contributed by atoms with van der Waals surface area (Å²) in [5.41, 5.74) is 3.17. The number of carbonyl (C=O) groups excluding carboxylic acids is 1. The Balaban J connectivity index is 1.26. The van der Waals surface area contributed by atoms with Gasteiger partial charge in [0.15, 0.2) is 5.82 Å². The van der Waals surface area contributed by atoms with Gasteiger partial charge in [-0.15, -0.1) is 0 Å². The molecule has 0 radical (unpaired) electrons. The van der Waals surface area contributed by atoms with Crippen LogP contribution in [0.4, 0.5) is 11.5 Å². The van der Waals surface area contributed by atoms with Gasteiger partial charge in [0, 0.05) is 52.0 Å². The van der Waals surface area contributed by atoms with Crippen molar-refractivity contribution in [2.45, 2.75) is 12.8 Å². The summed E-state index contributed by atoms with van der Waals surface area (Å²) in [7, 11) is 1.58. The fourth-order valence-electron chi connectivity index (χ4n) is 4.06. The number of anilines is 2. The van der Waals surface area contributed by atoms with Crippen molar-refractivity contribution in [3.63, 3.8) is 0 Å². The van der Waals surface area contributed by atoms with E-state index in [1.54, 1.807) is 19.2 Å². The van der Waals surface area contributed by atoms with Crippen LogP contribution in [-0.2, 0) is 6.42 Å². The number of aryl methyl sites for hydroxylation is 1. The second kappa shape index (κ2) is 9.13. The molecule has 2 aromatic rings. The Bertz CT molecular complexity index is 849. The van der Waals surface area contributed by atoms with E-state index in [9.17, 15) is 4.79 Å². The van der Waals surface area contributed by atoms with Gasteiger partial charge in [0.1, 0.15) is 5.75 Å². The highest BCUT2D eigenvalue weighted by atomic mass is 16.5. The summed E-state index contributed by atoms with van der Waals surface area (Å²) in [6.45, 7) is 6.32. The van der Waals surface area contributed by atoms with Gasteiger partial charge in [-0.3, -0.25) is 9.69 Å². The van der Waals surface area contributed by atoms with Gasteiger partial charge in [-0.25, -0.2) is 4.98 Å². The van der Waals surface area contributed by atoms with Gasteiger partial charge in [-0.05, 0) is 36.6 Å². The Morgan fingerprint density at radius 1 is 1.21 bits per heavy atom. The zero-order chi connectivity index (χ0) is 20.1. The Morgan fingerprint density at radius 2 is 2.03 bits per heavy atom. The van der Waals surface area contributed by atoms with Crippen molar-refractivity contribution in [3.05, 3.63) is 47.7 Å². The smallest absolute Gasteiger partial charge is 0.255 e. The SMILES string of the molecule is COc1ccccc1C(=O)NCCN1CCN(c2nccc3c2NCCC3)CC1. The average molecular weight is 396 g/mol. The number of aromatic nitrogens is 1. The van der Waals surface area contributed by atoms with Crippen LogP contribution in [0, 0.1) is 0 Å². The Labute approximate surface area is 172 Å². The summed E-state index contributed by atoms with van der Waals surface area (Å²) in [6.07, 6.45) is 4.25. The molecule has 2 aliphatic heterocycles. The molecular formula is C22H29N5O2. The van der Waals surface area contributed by atoms with Crippen LogP contribution in [0.25, 0.3) is 0 Å². The number of piperazine rings is 1. The van der Waals surface area contributed by atoms with Crippen LogP contribution in [0.3, 0.4) is 0 Å². The molecule has 2 N–H and O–H groups in total. The first kappa shape index (κ1) is 19.5. The number of nitrogens with one attached hydrogen (secondary N) is 2. The minimum Gasteiger partial charge on any atom is -0.496 e. The van der Waals surface area contributed by atoms with Crippen molar-refractivity contribution in [1.29, 1.82) is 0 Å². The predicted octanol–water partition coefficient (Wildman–Crippen LogP) is 2.00. The number of para-hydroxylation sites is 1. The van der Waals surface area contributed by atoms with E-state index in [4.69, 9.17) is 4.74 Å². The third-order valence-corrected chi connectivity index (χ3v) is 5.68. The molecule has 1 aromatic carbocycles. The third kappa shape index (κ3) is 4.45. The summed E-state index contributed by atoms with van der Waals surface area (Å²) in [5.74, 6) is 1.60. The third-order valence-electron chi connectivity index (χ3n) is 5.68. The van der Waals surface area contributed by atoms with Crippen LogP contribution in [-0.4, -0.2) is 68.7 Å². The number of pyridine rings is 1. The molecule has 1 amide bonds. The molecule has 0 aliphatic carbocycles. The number of methoxy groups -OCH3 is 1. The summed E-state index contributed by atoms with van der Waals surface area (Å²) in [4.78, 5) is 21.8. The number of amides is 1. The fraction of sp³-hybridized carbons (Fsp3) is 0.455. The molecule has 0 spiro atoms. The number of hydrogen-bond acceptors (Lipinski definition) is 6. The largest absolute Gasteiger partial charge is 0.496 e. The zero-order valence-electron chi connectivity index (χ0n) is 17.0. The summed E-state index contributed by atoms with van der Waals surface area (Å²) in [5, 5.41) is 6.54. The molecule has 0 saturated carbocycles. The van der Waals surface area contributed by atoms with Crippen molar-refractivity contribution >= 4 is 17.4 Å². The Hall–Kier alpha value is -2.80. The molecular weight excluding hydrogens is 366 g/mol. The first-order valence-electron chi connectivity index (χ1n) is 10.4. The lowest BCUT2D eigenvalue weighted by atomic mass is 10.0. The van der Waals surface area contributed by atoms with Gasteiger partial charge < -0.3 is 20.3 Å². The van der Waals surface area contributed by atoms with E-state index < -0.39 is 0 Å². The monoisotopic (exact) mass is 395 g/mol. The molecule has 154 valence electrons. The first-order valence-corrected chi connectivity index (χ1v) is 10.4. The second-order valence-electron chi connectivity index (χ2n) is 7.48. The van der Waals surface area contributed by atoms with Gasteiger partial charge in [0.25, 0.3) is 5.91 Å². The van der Waals surface area contributed by atoms with Crippen molar-refractivity contribution in [2.24, 2.45) is 0 Å². The minimum absolute atomic E-state index is 0.0905. The lowest BCUT2D eigenvalue weighted by Crippen LogP contribution is -2.49. The van der Waals surface area contributed by atoms with E-state index in [-0.39, 0.29) is 5.91 Å². The quantitative estimate of drug-likeness (QED) is 0.780. The van der Waals surface area contributed by atoms with Crippen LogP contribution in [0.1, 0.15) is 22.3 Å². The van der Waals surface area contributed by atoms with E-state index in [0.29, 0.717) is 17.9 Å². The molecule has 0 bridgehead atoms. The van der Waals surface area contributed by atoms with Crippen LogP contribution in [0.5, 0.6) is 5.75 Å². The highest BCUT2D eigenvalue weighted by molar-refractivity contribution is 5.96. The number of benzene rings is 1. The van der Waals surface area contributed by atoms with E-state index in [0.717, 1.165) is 51.5 Å². The molecule has 1 saturated heterocycles. The molecule has 1 aromatic heterocycles. The van der Waals surface area contributed by atoms with Gasteiger partial charge in [-0.2, -0.15) is 0 Å². The molecule has 7 heteroatoms. The lowest BCUT2D eigenvalue weighted by molar-refractivity contribution is 0.0944. The van der Waals surface area contributed by atoms with E-state index in [1.165, 1.54) is 17.7 Å². The lowest BCUT2D eigenvalue weighted by Gasteiger charge is -2.37. The maximum absolute atomic E-state index is 12.4. The van der Waals surface area contributed by atoms with Gasteiger partial charge in [0.05, 0.1) is 18.4 Å². The standard InChI is InChI=1S/C22H29N5O2/c1-29-19-7-3-2-6-18(19)22(28)25-11-12-26-13-15-27(16-14-26)21-20-17(8-10-24-21)5-4-9-23-20/h2-3,6-8,10,23H,4-5,9,11-16H2,1H3,(H,25,28). The normalized spacial score (nSPS) is 16.7. The van der Waals surface area contributed by atoms with Crippen LogP contribution in [0.2, 0.25) is 0 Å². The predicted molar refractivity (Wildman–Crippen MR) is 115 cm³/mol. The summed E-state index contributed by atoms with van der Waals surface area (Å²) in [6, 6.07) is 9.44. The summed E-state index contributed by atoms with van der Waals surface area (Å²) < 4.78 is 5.27. The van der Waals surface area contributed by atoms with Crippen LogP contribution in [0.15, 0.2) is 36.5 Å². The van der Waals surface area contributed by atoms with Crippen molar-refractivity contribution < 1.29 is 9.53 Å². The van der Waals surface area contributed by atoms with E-state index in [1.807, 2.05) is 18.3 Å². The number of hydrogen-bond donors (Lipinski definition) is 2. The van der Waals surface area contributed by atoms with Gasteiger partial charge in [-0.1, -0.05) is 12.1 Å². The molecule has 0 unspecified atom stereocenters. The Kier molecular flexibility index (Phi) is 6.14. The number of ether oxygens (including phenoxy) is 1. The van der Waals surface area contributed by atoms with E-state index in [2.05, 4.69) is 31.5 Å². The molecule has 4 rings (SSSR count). The fourth-order valence-corrected chi connectivity index (χ4v) is 4.06. The van der Waals surface area contributed by atoms with Crippen molar-refractivity contribution in [1.82, 2.24) is 15.2 Å². The molecule has 7 nitrogen and oxygen atoms in total. The number of nitrogens with zero attached hydrogens (tertiary/aromatic N) is 3. The molecule has 29 heavy (non-hydrogen) atoms. The number of rotatable bonds is 6. The van der Waals surface area contributed by atoms with Crippen LogP contribution >= 0.6 is 0 Å². The van der Waals surface area contributed by atoms with Crippen molar-refractivity contribution in [3.8, 4) is 5.75 Å². The minimum atomic E-state index is -0.0905.